The first kappa shape index (κ1) is 20.8. The first-order valence-electron chi connectivity index (χ1n) is 8.43. The molecule has 0 radical (unpaired) electrons. The molecule has 1 atom stereocenters. The fourth-order valence-corrected chi connectivity index (χ4v) is 3.19. The van der Waals surface area contributed by atoms with E-state index in [0.29, 0.717) is 5.76 Å². The fraction of sp³-hybridized carbons (Fsp3) is 0.222. The second-order valence-electron chi connectivity index (χ2n) is 6.43. The average Bonchev–Trinajstić information content (AvgIpc) is 2.65. The number of nitrogens with one attached hydrogen (secondary N) is 2. The first-order chi connectivity index (χ1) is 13.7. The van der Waals surface area contributed by atoms with Gasteiger partial charge in [0.15, 0.2) is 17.7 Å². The predicted molar refractivity (Wildman–Crippen MR) is 107 cm³/mol. The SMILES string of the molecule is CC(C)C1=CC(Oc2c(Cl)cc(-n3nc(C=O)c(=O)[nH]c3=O)cc2Cl)=CNC1O. The monoisotopic (exact) mass is 438 g/mol. The van der Waals surface area contributed by atoms with Gasteiger partial charge in [-0.05, 0) is 29.7 Å². The number of carbonyl (C=O) groups excluding carboxylic acids is 1. The number of hydrogen-bond acceptors (Lipinski definition) is 7. The van der Waals surface area contributed by atoms with Crippen molar-refractivity contribution in [1.29, 1.82) is 0 Å². The summed E-state index contributed by atoms with van der Waals surface area (Å²) in [4.78, 5) is 36.4. The van der Waals surface area contributed by atoms with E-state index in [1.54, 1.807) is 6.08 Å². The molecular weight excluding hydrogens is 423 g/mol. The minimum Gasteiger partial charge on any atom is -0.453 e. The Labute approximate surface area is 174 Å². The van der Waals surface area contributed by atoms with Gasteiger partial charge < -0.3 is 15.2 Å². The van der Waals surface area contributed by atoms with Crippen LogP contribution in [0.1, 0.15) is 24.3 Å². The number of ether oxygens (including phenoxy) is 1. The number of aromatic amines is 1. The van der Waals surface area contributed by atoms with Gasteiger partial charge >= 0.3 is 5.69 Å². The van der Waals surface area contributed by atoms with E-state index in [2.05, 4.69) is 10.4 Å². The summed E-state index contributed by atoms with van der Waals surface area (Å²) in [7, 11) is 0. The summed E-state index contributed by atoms with van der Waals surface area (Å²) in [5.74, 6) is 0.565. The van der Waals surface area contributed by atoms with Crippen molar-refractivity contribution in [3.8, 4) is 11.4 Å². The fourth-order valence-electron chi connectivity index (χ4n) is 2.63. The summed E-state index contributed by atoms with van der Waals surface area (Å²) in [5, 5.41) is 16.6. The topological polar surface area (TPSA) is 126 Å². The Balaban J connectivity index is 1.99. The molecule has 0 bridgehead atoms. The van der Waals surface area contributed by atoms with Crippen LogP contribution in [0.4, 0.5) is 0 Å². The van der Waals surface area contributed by atoms with Gasteiger partial charge in [-0.15, -0.1) is 0 Å². The van der Waals surface area contributed by atoms with Crippen LogP contribution in [0.2, 0.25) is 10.0 Å². The highest BCUT2D eigenvalue weighted by molar-refractivity contribution is 6.37. The van der Waals surface area contributed by atoms with Crippen LogP contribution < -0.4 is 21.3 Å². The number of carbonyl (C=O) groups is 1. The molecule has 0 saturated carbocycles. The second-order valence-corrected chi connectivity index (χ2v) is 7.24. The van der Waals surface area contributed by atoms with Crippen molar-refractivity contribution in [2.45, 2.75) is 20.1 Å². The predicted octanol–water partition coefficient (Wildman–Crippen LogP) is 1.76. The molecule has 0 saturated heterocycles. The molecule has 9 nitrogen and oxygen atoms in total. The molecular formula is C18H16Cl2N4O5. The van der Waals surface area contributed by atoms with Crippen molar-refractivity contribution in [3.05, 3.63) is 72.3 Å². The molecule has 1 unspecified atom stereocenters. The van der Waals surface area contributed by atoms with Gasteiger partial charge in [-0.25, -0.2) is 4.79 Å². The van der Waals surface area contributed by atoms with Crippen LogP contribution >= 0.6 is 23.2 Å². The van der Waals surface area contributed by atoms with Crippen LogP contribution in [0.3, 0.4) is 0 Å². The molecule has 1 aromatic heterocycles. The molecule has 2 aromatic rings. The summed E-state index contributed by atoms with van der Waals surface area (Å²) in [5.41, 5.74) is -1.39. The summed E-state index contributed by atoms with van der Waals surface area (Å²) in [6.07, 6.45) is 2.56. The lowest BCUT2D eigenvalue weighted by atomic mass is 9.99. The molecule has 11 heteroatoms. The van der Waals surface area contributed by atoms with Gasteiger partial charge in [0.2, 0.25) is 0 Å². The number of H-pyrrole nitrogens is 1. The second kappa shape index (κ2) is 8.24. The third kappa shape index (κ3) is 4.26. The number of aromatic nitrogens is 3. The highest BCUT2D eigenvalue weighted by atomic mass is 35.5. The van der Waals surface area contributed by atoms with E-state index in [0.717, 1.165) is 10.3 Å². The molecule has 1 aromatic carbocycles. The highest BCUT2D eigenvalue weighted by Crippen LogP contribution is 2.37. The minimum atomic E-state index is -0.898. The summed E-state index contributed by atoms with van der Waals surface area (Å²) < 4.78 is 6.55. The number of halogens is 2. The van der Waals surface area contributed by atoms with Crippen molar-refractivity contribution in [1.82, 2.24) is 20.1 Å². The number of aliphatic hydroxyl groups is 1. The first-order valence-corrected chi connectivity index (χ1v) is 9.18. The van der Waals surface area contributed by atoms with Crippen LogP contribution in [-0.2, 0) is 0 Å². The molecule has 152 valence electrons. The lowest BCUT2D eigenvalue weighted by Gasteiger charge is -2.24. The third-order valence-electron chi connectivity index (χ3n) is 4.09. The van der Waals surface area contributed by atoms with Crippen LogP contribution in [0, 0.1) is 5.92 Å². The maximum Gasteiger partial charge on any atom is 0.349 e. The number of nitrogens with zero attached hydrogens (tertiary/aromatic N) is 2. The zero-order valence-electron chi connectivity index (χ0n) is 15.3. The Morgan fingerprint density at radius 1 is 1.28 bits per heavy atom. The van der Waals surface area contributed by atoms with E-state index >= 15 is 0 Å². The number of hydrogen-bond donors (Lipinski definition) is 3. The molecule has 1 aliphatic heterocycles. The number of aliphatic hydroxyl groups excluding tert-OH is 1. The van der Waals surface area contributed by atoms with E-state index in [9.17, 15) is 19.5 Å². The number of rotatable bonds is 5. The zero-order valence-corrected chi connectivity index (χ0v) is 16.8. The molecule has 3 N–H and O–H groups in total. The standard InChI is InChI=1S/C18H16Cl2N4O5/c1-8(2)11-5-10(6-21-16(11)26)29-15-12(19)3-9(4-13(15)20)24-18(28)22-17(27)14(7-25)23-24/h3-8,16,21,26H,1-2H3,(H,22,27,28). The third-order valence-corrected chi connectivity index (χ3v) is 4.65. The molecule has 1 aliphatic rings. The summed E-state index contributed by atoms with van der Waals surface area (Å²) in [6, 6.07) is 2.70. The molecule has 0 spiro atoms. The van der Waals surface area contributed by atoms with E-state index in [1.165, 1.54) is 18.3 Å². The Hall–Kier alpha value is -2.88. The van der Waals surface area contributed by atoms with E-state index in [-0.39, 0.29) is 33.7 Å². The number of benzene rings is 1. The molecule has 0 aliphatic carbocycles. The Kier molecular flexibility index (Phi) is 5.92. The summed E-state index contributed by atoms with van der Waals surface area (Å²) >= 11 is 12.6. The van der Waals surface area contributed by atoms with Gasteiger partial charge in [0.05, 0.1) is 15.7 Å². The maximum absolute atomic E-state index is 12.0. The smallest absolute Gasteiger partial charge is 0.349 e. The Bertz CT molecular complexity index is 1130. The van der Waals surface area contributed by atoms with Gasteiger partial charge in [-0.1, -0.05) is 37.0 Å². The van der Waals surface area contributed by atoms with E-state index in [4.69, 9.17) is 27.9 Å². The highest BCUT2D eigenvalue weighted by Gasteiger charge is 2.20. The van der Waals surface area contributed by atoms with Crippen LogP contribution in [0.5, 0.6) is 5.75 Å². The number of allylic oxidation sites excluding steroid dienone is 1. The lowest BCUT2D eigenvalue weighted by Crippen LogP contribution is -2.33. The van der Waals surface area contributed by atoms with Gasteiger partial charge in [-0.3, -0.25) is 14.6 Å². The van der Waals surface area contributed by atoms with Crippen molar-refractivity contribution in [2.75, 3.05) is 0 Å². The summed E-state index contributed by atoms with van der Waals surface area (Å²) in [6.45, 7) is 3.86. The van der Waals surface area contributed by atoms with E-state index < -0.39 is 23.2 Å². The Morgan fingerprint density at radius 3 is 2.52 bits per heavy atom. The maximum atomic E-state index is 12.0. The van der Waals surface area contributed by atoms with Crippen LogP contribution in [0.15, 0.2) is 45.3 Å². The average molecular weight is 439 g/mol. The number of dihydropyridines is 1. The minimum absolute atomic E-state index is 0.0616. The normalized spacial score (nSPS) is 16.1. The molecule has 3 rings (SSSR count). The molecule has 2 heterocycles. The van der Waals surface area contributed by atoms with Crippen molar-refractivity contribution < 1.29 is 14.6 Å². The zero-order chi connectivity index (χ0) is 21.3. The van der Waals surface area contributed by atoms with Crippen molar-refractivity contribution in [3.63, 3.8) is 0 Å². The molecule has 0 fully saturated rings. The quantitative estimate of drug-likeness (QED) is 0.606. The molecule has 29 heavy (non-hydrogen) atoms. The van der Waals surface area contributed by atoms with Crippen molar-refractivity contribution in [2.24, 2.45) is 5.92 Å². The van der Waals surface area contributed by atoms with Gasteiger partial charge in [0.1, 0.15) is 12.0 Å². The van der Waals surface area contributed by atoms with Gasteiger partial charge in [-0.2, -0.15) is 9.78 Å². The van der Waals surface area contributed by atoms with Crippen LogP contribution in [0.25, 0.3) is 5.69 Å². The largest absolute Gasteiger partial charge is 0.453 e. The number of aldehydes is 1. The lowest BCUT2D eigenvalue weighted by molar-refractivity contribution is 0.111. The Morgan fingerprint density at radius 2 is 1.93 bits per heavy atom. The van der Waals surface area contributed by atoms with Gasteiger partial charge in [0.25, 0.3) is 5.56 Å². The van der Waals surface area contributed by atoms with Crippen molar-refractivity contribution >= 4 is 29.5 Å². The van der Waals surface area contributed by atoms with Gasteiger partial charge in [0, 0.05) is 6.20 Å². The van der Waals surface area contributed by atoms with Crippen LogP contribution in [-0.4, -0.2) is 32.4 Å². The van der Waals surface area contributed by atoms with E-state index in [1.807, 2.05) is 18.8 Å². The molecule has 0 amide bonds.